The monoisotopic (exact) mass is 402 g/mol. The molecule has 0 aliphatic carbocycles. The highest BCUT2D eigenvalue weighted by atomic mass is 19.1. The molecule has 1 unspecified atom stereocenters. The molecule has 0 radical (unpaired) electrons. The van der Waals surface area contributed by atoms with Gasteiger partial charge < -0.3 is 10.6 Å². The lowest BCUT2D eigenvalue weighted by atomic mass is 10.1. The van der Waals surface area contributed by atoms with Crippen LogP contribution in [0.25, 0.3) is 0 Å². The number of rotatable bonds is 11. The van der Waals surface area contributed by atoms with Crippen molar-refractivity contribution in [2.75, 3.05) is 6.54 Å². The van der Waals surface area contributed by atoms with E-state index in [9.17, 15) is 18.4 Å². The topological polar surface area (TPSA) is 58.2 Å². The van der Waals surface area contributed by atoms with Crippen LogP contribution in [-0.4, -0.2) is 24.4 Å². The molecule has 0 saturated heterocycles. The van der Waals surface area contributed by atoms with Gasteiger partial charge in [-0.1, -0.05) is 37.6 Å². The molecule has 0 heterocycles. The minimum Gasteiger partial charge on any atom is -0.354 e. The fourth-order valence-corrected chi connectivity index (χ4v) is 3.02. The molecule has 0 aliphatic rings. The Hall–Kier alpha value is -2.76. The maximum absolute atomic E-state index is 12.9. The van der Waals surface area contributed by atoms with Gasteiger partial charge in [0.05, 0.1) is 0 Å². The SMILES string of the molecule is CCCC(CNC(=O)CCc1ccc(F)cc1)NC(=O)CCc1ccc(F)cc1. The second kappa shape index (κ2) is 11.9. The molecule has 6 heteroatoms. The number of aryl methyl sites for hydroxylation is 2. The molecule has 2 rings (SSSR count). The van der Waals surface area contributed by atoms with Crippen molar-refractivity contribution in [3.63, 3.8) is 0 Å². The molecule has 0 aliphatic heterocycles. The number of carbonyl (C=O) groups is 2. The lowest BCUT2D eigenvalue weighted by molar-refractivity contribution is -0.123. The zero-order valence-corrected chi connectivity index (χ0v) is 16.7. The van der Waals surface area contributed by atoms with Crippen molar-refractivity contribution in [2.45, 2.75) is 51.5 Å². The molecule has 2 N–H and O–H groups in total. The molecule has 2 aromatic carbocycles. The summed E-state index contributed by atoms with van der Waals surface area (Å²) in [6.07, 6.45) is 3.34. The van der Waals surface area contributed by atoms with Crippen LogP contribution in [0.15, 0.2) is 48.5 Å². The summed E-state index contributed by atoms with van der Waals surface area (Å²) in [5.41, 5.74) is 1.81. The Morgan fingerprint density at radius 2 is 1.31 bits per heavy atom. The van der Waals surface area contributed by atoms with Crippen LogP contribution in [0.2, 0.25) is 0 Å². The van der Waals surface area contributed by atoms with Gasteiger partial charge in [-0.25, -0.2) is 8.78 Å². The zero-order chi connectivity index (χ0) is 21.1. The van der Waals surface area contributed by atoms with Crippen LogP contribution in [0, 0.1) is 11.6 Å². The second-order valence-electron chi connectivity index (χ2n) is 7.11. The molecular weight excluding hydrogens is 374 g/mol. The molecule has 156 valence electrons. The molecular formula is C23H28F2N2O2. The van der Waals surface area contributed by atoms with E-state index in [1.54, 1.807) is 24.3 Å². The lowest BCUT2D eigenvalue weighted by Gasteiger charge is -2.19. The highest BCUT2D eigenvalue weighted by Gasteiger charge is 2.13. The van der Waals surface area contributed by atoms with Crippen molar-refractivity contribution in [1.29, 1.82) is 0 Å². The van der Waals surface area contributed by atoms with Gasteiger partial charge in [-0.3, -0.25) is 9.59 Å². The highest BCUT2D eigenvalue weighted by Crippen LogP contribution is 2.07. The third-order valence-electron chi connectivity index (χ3n) is 4.66. The quantitative estimate of drug-likeness (QED) is 0.598. The van der Waals surface area contributed by atoms with Gasteiger partial charge in [0.1, 0.15) is 11.6 Å². The maximum atomic E-state index is 12.9. The first kappa shape index (κ1) is 22.5. The Kier molecular flexibility index (Phi) is 9.28. The van der Waals surface area contributed by atoms with E-state index in [1.807, 2.05) is 6.92 Å². The zero-order valence-electron chi connectivity index (χ0n) is 16.7. The van der Waals surface area contributed by atoms with E-state index in [0.717, 1.165) is 24.0 Å². The van der Waals surface area contributed by atoms with E-state index >= 15 is 0 Å². The van der Waals surface area contributed by atoms with Crippen molar-refractivity contribution >= 4 is 11.8 Å². The molecule has 0 fully saturated rings. The molecule has 4 nitrogen and oxygen atoms in total. The van der Waals surface area contributed by atoms with Crippen LogP contribution in [0.4, 0.5) is 8.78 Å². The standard InChI is InChI=1S/C23H28F2N2O2/c1-2-3-21(27-23(29)15-9-18-6-12-20(25)13-7-18)16-26-22(28)14-8-17-4-10-19(24)11-5-17/h4-7,10-13,21H,2-3,8-9,14-16H2,1H3,(H,26,28)(H,27,29). The van der Waals surface area contributed by atoms with E-state index in [0.29, 0.717) is 32.2 Å². The largest absolute Gasteiger partial charge is 0.354 e. The summed E-state index contributed by atoms with van der Waals surface area (Å²) in [5, 5.41) is 5.83. The van der Waals surface area contributed by atoms with Gasteiger partial charge in [-0.15, -0.1) is 0 Å². The maximum Gasteiger partial charge on any atom is 0.220 e. The van der Waals surface area contributed by atoms with Crippen LogP contribution in [0.5, 0.6) is 0 Å². The number of carbonyl (C=O) groups excluding carboxylic acids is 2. The molecule has 0 aromatic heterocycles. The molecule has 0 saturated carbocycles. The Bertz CT molecular complexity index is 776. The Morgan fingerprint density at radius 3 is 1.79 bits per heavy atom. The van der Waals surface area contributed by atoms with E-state index in [2.05, 4.69) is 10.6 Å². The van der Waals surface area contributed by atoms with Crippen molar-refractivity contribution in [3.8, 4) is 0 Å². The first-order valence-electron chi connectivity index (χ1n) is 10.0. The number of nitrogens with one attached hydrogen (secondary N) is 2. The van der Waals surface area contributed by atoms with Crippen molar-refractivity contribution in [2.24, 2.45) is 0 Å². The van der Waals surface area contributed by atoms with Gasteiger partial charge in [-0.2, -0.15) is 0 Å². The van der Waals surface area contributed by atoms with Crippen LogP contribution in [0.3, 0.4) is 0 Å². The summed E-state index contributed by atoms with van der Waals surface area (Å²) in [6, 6.07) is 12.1. The van der Waals surface area contributed by atoms with E-state index in [1.165, 1.54) is 24.3 Å². The van der Waals surface area contributed by atoms with Crippen molar-refractivity contribution < 1.29 is 18.4 Å². The normalized spacial score (nSPS) is 11.7. The van der Waals surface area contributed by atoms with Gasteiger partial charge in [0.15, 0.2) is 0 Å². The Morgan fingerprint density at radius 1 is 0.828 bits per heavy atom. The Labute approximate surface area is 170 Å². The first-order chi connectivity index (χ1) is 14.0. The number of halogens is 2. The van der Waals surface area contributed by atoms with Gasteiger partial charge in [0.25, 0.3) is 0 Å². The predicted molar refractivity (Wildman–Crippen MR) is 109 cm³/mol. The van der Waals surface area contributed by atoms with Crippen molar-refractivity contribution in [1.82, 2.24) is 10.6 Å². The molecule has 0 bridgehead atoms. The molecule has 2 amide bonds. The Balaban J connectivity index is 1.71. The average molecular weight is 402 g/mol. The molecule has 0 spiro atoms. The minimum absolute atomic E-state index is 0.0895. The van der Waals surface area contributed by atoms with E-state index < -0.39 is 0 Å². The number of hydrogen-bond donors (Lipinski definition) is 2. The average Bonchev–Trinajstić information content (AvgIpc) is 2.71. The number of hydrogen-bond acceptors (Lipinski definition) is 2. The van der Waals surface area contributed by atoms with Gasteiger partial charge >= 0.3 is 0 Å². The molecule has 1 atom stereocenters. The summed E-state index contributed by atoms with van der Waals surface area (Å²) >= 11 is 0. The summed E-state index contributed by atoms with van der Waals surface area (Å²) in [6.45, 7) is 2.40. The highest BCUT2D eigenvalue weighted by molar-refractivity contribution is 5.77. The lowest BCUT2D eigenvalue weighted by Crippen LogP contribution is -2.43. The predicted octanol–water partition coefficient (Wildman–Crippen LogP) is 3.93. The fourth-order valence-electron chi connectivity index (χ4n) is 3.02. The van der Waals surface area contributed by atoms with E-state index in [-0.39, 0.29) is 29.5 Å². The summed E-state index contributed by atoms with van der Waals surface area (Å²) < 4.78 is 25.8. The smallest absolute Gasteiger partial charge is 0.220 e. The fraction of sp³-hybridized carbons (Fsp3) is 0.391. The summed E-state index contributed by atoms with van der Waals surface area (Å²) in [4.78, 5) is 24.3. The molecule has 2 aromatic rings. The minimum atomic E-state index is -0.296. The van der Waals surface area contributed by atoms with Crippen molar-refractivity contribution in [3.05, 3.63) is 71.3 Å². The van der Waals surface area contributed by atoms with Gasteiger partial charge in [-0.05, 0) is 54.7 Å². The van der Waals surface area contributed by atoms with Gasteiger partial charge in [0, 0.05) is 25.4 Å². The third kappa shape index (κ3) is 8.85. The number of amides is 2. The van der Waals surface area contributed by atoms with Crippen LogP contribution >= 0.6 is 0 Å². The summed E-state index contributed by atoms with van der Waals surface area (Å²) in [5.74, 6) is -0.781. The van der Waals surface area contributed by atoms with Crippen LogP contribution in [-0.2, 0) is 22.4 Å². The van der Waals surface area contributed by atoms with Gasteiger partial charge in [0.2, 0.25) is 11.8 Å². The molecule has 29 heavy (non-hydrogen) atoms. The third-order valence-corrected chi connectivity index (χ3v) is 4.66. The first-order valence-corrected chi connectivity index (χ1v) is 10.0. The second-order valence-corrected chi connectivity index (χ2v) is 7.11. The number of benzene rings is 2. The summed E-state index contributed by atoms with van der Waals surface area (Å²) in [7, 11) is 0. The van der Waals surface area contributed by atoms with E-state index in [4.69, 9.17) is 0 Å². The van der Waals surface area contributed by atoms with Crippen LogP contribution < -0.4 is 10.6 Å². The van der Waals surface area contributed by atoms with Crippen LogP contribution in [0.1, 0.15) is 43.7 Å².